The number of nitrogens with one attached hydrogen (secondary N) is 2. The number of thiocarbonyl (C=S) groups is 1. The van der Waals surface area contributed by atoms with Crippen LogP contribution in [0.3, 0.4) is 0 Å². The molecule has 160 valence electrons. The van der Waals surface area contributed by atoms with Gasteiger partial charge in [0.2, 0.25) is 11.8 Å². The second-order valence-electron chi connectivity index (χ2n) is 7.13. The van der Waals surface area contributed by atoms with Crippen LogP contribution in [-0.4, -0.2) is 41.4 Å². The number of nitrogens with zero attached hydrogens (tertiary/aromatic N) is 3. The Morgan fingerprint density at radius 1 is 1.03 bits per heavy atom. The Hall–Kier alpha value is -3.23. The Morgan fingerprint density at radius 2 is 1.71 bits per heavy atom. The minimum Gasteiger partial charge on any atom is -0.439 e. The van der Waals surface area contributed by atoms with Crippen molar-refractivity contribution in [3.8, 4) is 11.6 Å². The molecule has 1 aromatic heterocycles. The summed E-state index contributed by atoms with van der Waals surface area (Å²) in [7, 11) is 0. The predicted octanol–water partition coefficient (Wildman–Crippen LogP) is 4.15. The number of hydrogen-bond donors (Lipinski definition) is 2. The van der Waals surface area contributed by atoms with Crippen LogP contribution < -0.4 is 20.3 Å². The Labute approximate surface area is 187 Å². The summed E-state index contributed by atoms with van der Waals surface area (Å²) < 4.78 is 11.4. The number of rotatable bonds is 6. The number of ether oxygens (including phenoxy) is 2. The molecule has 3 aromatic rings. The zero-order valence-electron chi connectivity index (χ0n) is 17.3. The molecule has 0 radical (unpaired) electrons. The van der Waals surface area contributed by atoms with Crippen LogP contribution >= 0.6 is 12.2 Å². The number of anilines is 2. The van der Waals surface area contributed by atoms with Gasteiger partial charge in [-0.1, -0.05) is 48.5 Å². The van der Waals surface area contributed by atoms with E-state index < -0.39 is 0 Å². The van der Waals surface area contributed by atoms with Crippen LogP contribution in [-0.2, 0) is 4.74 Å². The number of aromatic nitrogens is 2. The lowest BCUT2D eigenvalue weighted by Crippen LogP contribution is -2.37. The van der Waals surface area contributed by atoms with Crippen molar-refractivity contribution in [3.63, 3.8) is 0 Å². The van der Waals surface area contributed by atoms with E-state index in [4.69, 9.17) is 21.7 Å². The van der Waals surface area contributed by atoms with Crippen molar-refractivity contribution >= 4 is 29.1 Å². The molecule has 4 rings (SSSR count). The lowest BCUT2D eigenvalue weighted by Gasteiger charge is -2.28. The van der Waals surface area contributed by atoms with Gasteiger partial charge in [-0.25, -0.2) is 0 Å². The largest absolute Gasteiger partial charge is 0.439 e. The normalized spacial score (nSPS) is 14.5. The Morgan fingerprint density at radius 3 is 2.42 bits per heavy atom. The SMILES string of the molecule is C[C@H](NC(=S)Nc1nc(Oc2ccccc2)cc(N2CCOCC2)n1)c1ccccc1. The molecule has 2 aromatic carbocycles. The molecule has 1 aliphatic rings. The predicted molar refractivity (Wildman–Crippen MR) is 126 cm³/mol. The quantitative estimate of drug-likeness (QED) is 0.560. The van der Waals surface area contributed by atoms with E-state index in [0.29, 0.717) is 35.9 Å². The molecule has 1 saturated heterocycles. The highest BCUT2D eigenvalue weighted by atomic mass is 32.1. The van der Waals surface area contributed by atoms with Crippen molar-refractivity contribution in [3.05, 3.63) is 72.3 Å². The minimum absolute atomic E-state index is 0.0451. The third-order valence-electron chi connectivity index (χ3n) is 4.86. The summed E-state index contributed by atoms with van der Waals surface area (Å²) in [4.78, 5) is 11.3. The van der Waals surface area contributed by atoms with E-state index in [0.717, 1.165) is 24.5 Å². The van der Waals surface area contributed by atoms with Gasteiger partial charge in [-0.15, -0.1) is 0 Å². The Bertz CT molecular complexity index is 997. The highest BCUT2D eigenvalue weighted by Crippen LogP contribution is 2.25. The van der Waals surface area contributed by atoms with Crippen LogP contribution in [0.5, 0.6) is 11.6 Å². The zero-order valence-corrected chi connectivity index (χ0v) is 18.1. The van der Waals surface area contributed by atoms with E-state index in [-0.39, 0.29) is 6.04 Å². The van der Waals surface area contributed by atoms with Crippen LogP contribution in [0.15, 0.2) is 66.7 Å². The highest BCUT2D eigenvalue weighted by Gasteiger charge is 2.17. The van der Waals surface area contributed by atoms with Gasteiger partial charge in [0, 0.05) is 19.2 Å². The third-order valence-corrected chi connectivity index (χ3v) is 5.08. The summed E-state index contributed by atoms with van der Waals surface area (Å²) in [5.41, 5.74) is 1.14. The summed E-state index contributed by atoms with van der Waals surface area (Å²) in [5, 5.41) is 6.83. The monoisotopic (exact) mass is 435 g/mol. The summed E-state index contributed by atoms with van der Waals surface area (Å²) >= 11 is 5.51. The lowest BCUT2D eigenvalue weighted by atomic mass is 10.1. The molecule has 2 heterocycles. The molecule has 1 atom stereocenters. The molecule has 1 aliphatic heterocycles. The average molecular weight is 436 g/mol. The van der Waals surface area contributed by atoms with Gasteiger partial charge in [-0.05, 0) is 36.8 Å². The fraction of sp³-hybridized carbons (Fsp3) is 0.261. The number of para-hydroxylation sites is 1. The maximum Gasteiger partial charge on any atom is 0.234 e. The molecule has 2 N–H and O–H groups in total. The molecule has 0 saturated carbocycles. The molecule has 7 nitrogen and oxygen atoms in total. The van der Waals surface area contributed by atoms with Gasteiger partial charge in [0.1, 0.15) is 11.6 Å². The van der Waals surface area contributed by atoms with E-state index >= 15 is 0 Å². The second-order valence-corrected chi connectivity index (χ2v) is 7.54. The summed E-state index contributed by atoms with van der Waals surface area (Å²) in [6, 6.07) is 21.6. The Kier molecular flexibility index (Phi) is 6.91. The Balaban J connectivity index is 1.52. The molecule has 1 fully saturated rings. The van der Waals surface area contributed by atoms with E-state index in [1.807, 2.05) is 54.6 Å². The molecule has 8 heteroatoms. The van der Waals surface area contributed by atoms with Crippen LogP contribution in [0.4, 0.5) is 11.8 Å². The fourth-order valence-corrected chi connectivity index (χ4v) is 3.51. The van der Waals surface area contributed by atoms with Gasteiger partial charge in [-0.3, -0.25) is 0 Å². The molecular formula is C23H25N5O2S. The van der Waals surface area contributed by atoms with Crippen molar-refractivity contribution in [2.24, 2.45) is 0 Å². The van der Waals surface area contributed by atoms with Crippen LogP contribution in [0.25, 0.3) is 0 Å². The average Bonchev–Trinajstić information content (AvgIpc) is 2.80. The van der Waals surface area contributed by atoms with Crippen molar-refractivity contribution in [2.45, 2.75) is 13.0 Å². The maximum atomic E-state index is 5.97. The van der Waals surface area contributed by atoms with Crippen molar-refractivity contribution in [1.29, 1.82) is 0 Å². The van der Waals surface area contributed by atoms with Crippen LogP contribution in [0.1, 0.15) is 18.5 Å². The lowest BCUT2D eigenvalue weighted by molar-refractivity contribution is 0.122. The number of benzene rings is 2. The molecule has 0 spiro atoms. The van der Waals surface area contributed by atoms with Gasteiger partial charge in [-0.2, -0.15) is 9.97 Å². The van der Waals surface area contributed by atoms with E-state index in [1.165, 1.54) is 0 Å². The molecule has 0 aliphatic carbocycles. The molecular weight excluding hydrogens is 410 g/mol. The first-order valence-electron chi connectivity index (χ1n) is 10.2. The van der Waals surface area contributed by atoms with Crippen molar-refractivity contribution < 1.29 is 9.47 Å². The molecule has 31 heavy (non-hydrogen) atoms. The first kappa shape index (κ1) is 21.0. The van der Waals surface area contributed by atoms with E-state index in [1.54, 1.807) is 0 Å². The molecule has 0 bridgehead atoms. The van der Waals surface area contributed by atoms with Crippen molar-refractivity contribution in [2.75, 3.05) is 36.5 Å². The minimum atomic E-state index is 0.0451. The first-order valence-corrected chi connectivity index (χ1v) is 10.7. The van der Waals surface area contributed by atoms with Gasteiger partial charge in [0.15, 0.2) is 5.11 Å². The standard InChI is InChI=1S/C23H25N5O2S/c1-17(18-8-4-2-5-9-18)24-23(31)27-22-25-20(28-12-14-29-15-13-28)16-21(26-22)30-19-10-6-3-7-11-19/h2-11,16-17H,12-15H2,1H3,(H2,24,25,26,27,31)/t17-/m0/s1. The third kappa shape index (κ3) is 5.90. The van der Waals surface area contributed by atoms with Gasteiger partial charge >= 0.3 is 0 Å². The molecule has 0 amide bonds. The zero-order chi connectivity index (χ0) is 21.5. The van der Waals surface area contributed by atoms with Gasteiger partial charge in [0.05, 0.1) is 19.3 Å². The maximum absolute atomic E-state index is 5.97. The summed E-state index contributed by atoms with van der Waals surface area (Å²) in [6.45, 7) is 4.90. The summed E-state index contributed by atoms with van der Waals surface area (Å²) in [6.07, 6.45) is 0. The highest BCUT2D eigenvalue weighted by molar-refractivity contribution is 7.80. The second kappa shape index (κ2) is 10.2. The van der Waals surface area contributed by atoms with Gasteiger partial charge < -0.3 is 25.0 Å². The van der Waals surface area contributed by atoms with E-state index in [2.05, 4.69) is 44.6 Å². The fourth-order valence-electron chi connectivity index (χ4n) is 3.24. The molecule has 0 unspecified atom stereocenters. The number of morpholine rings is 1. The van der Waals surface area contributed by atoms with E-state index in [9.17, 15) is 0 Å². The topological polar surface area (TPSA) is 71.5 Å². The van der Waals surface area contributed by atoms with Gasteiger partial charge in [0.25, 0.3) is 0 Å². The first-order chi connectivity index (χ1) is 15.2. The smallest absolute Gasteiger partial charge is 0.234 e. The number of hydrogen-bond acceptors (Lipinski definition) is 6. The van der Waals surface area contributed by atoms with Crippen LogP contribution in [0.2, 0.25) is 0 Å². The summed E-state index contributed by atoms with van der Waals surface area (Å²) in [5.74, 6) is 2.31. The van der Waals surface area contributed by atoms with Crippen molar-refractivity contribution in [1.82, 2.24) is 15.3 Å². The van der Waals surface area contributed by atoms with Crippen LogP contribution in [0, 0.1) is 0 Å².